The molecule has 0 bridgehead atoms. The number of halogens is 2. The van der Waals surface area contributed by atoms with E-state index in [4.69, 9.17) is 4.74 Å². The molecule has 1 aromatic carbocycles. The van der Waals surface area contributed by atoms with Gasteiger partial charge in [-0.15, -0.1) is 0 Å². The van der Waals surface area contributed by atoms with Crippen molar-refractivity contribution in [3.8, 4) is 5.75 Å². The molecule has 0 saturated carbocycles. The Morgan fingerprint density at radius 3 is 2.46 bits per heavy atom. The zero-order valence-corrected chi connectivity index (χ0v) is 10.1. The number of hydrogen-bond acceptors (Lipinski definition) is 1. The van der Waals surface area contributed by atoms with Crippen LogP contribution in [0.25, 0.3) is 0 Å². The van der Waals surface area contributed by atoms with E-state index in [0.717, 1.165) is 5.75 Å². The Kier molecular flexibility index (Phi) is 3.53. The fourth-order valence-corrected chi connectivity index (χ4v) is 1.77. The summed E-state index contributed by atoms with van der Waals surface area (Å²) in [5.74, 6) is 0.579. The van der Waals surface area contributed by atoms with E-state index in [9.17, 15) is 4.39 Å². The third-order valence-corrected chi connectivity index (χ3v) is 2.34. The maximum absolute atomic E-state index is 13.2. The van der Waals surface area contributed by atoms with Crippen LogP contribution < -0.4 is 4.74 Å². The monoisotopic (exact) mass is 294 g/mol. The second-order valence-corrected chi connectivity index (χ2v) is 4.36. The third kappa shape index (κ3) is 2.83. The fourth-order valence-electron chi connectivity index (χ4n) is 1.04. The van der Waals surface area contributed by atoms with E-state index in [-0.39, 0.29) is 11.9 Å². The smallest absolute Gasteiger partial charge is 0.139 e. The molecule has 3 heteroatoms. The van der Waals surface area contributed by atoms with Crippen LogP contribution >= 0.6 is 22.6 Å². The summed E-state index contributed by atoms with van der Waals surface area (Å²) >= 11 is 1.97. The van der Waals surface area contributed by atoms with Gasteiger partial charge in [-0.1, -0.05) is 0 Å². The van der Waals surface area contributed by atoms with Crippen LogP contribution in [0.4, 0.5) is 4.39 Å². The molecule has 0 saturated heterocycles. The first kappa shape index (κ1) is 10.8. The quantitative estimate of drug-likeness (QED) is 0.758. The lowest BCUT2D eigenvalue weighted by Crippen LogP contribution is -2.06. The van der Waals surface area contributed by atoms with Gasteiger partial charge in [0.25, 0.3) is 0 Å². The first-order valence-electron chi connectivity index (χ1n) is 4.13. The minimum absolute atomic E-state index is 0.126. The molecule has 13 heavy (non-hydrogen) atoms. The summed E-state index contributed by atoms with van der Waals surface area (Å²) in [5, 5.41) is 0. The summed E-state index contributed by atoms with van der Waals surface area (Å²) in [5.41, 5.74) is 0.627. The van der Waals surface area contributed by atoms with Crippen LogP contribution in [-0.4, -0.2) is 6.10 Å². The van der Waals surface area contributed by atoms with Crippen molar-refractivity contribution in [3.05, 3.63) is 27.1 Å². The number of rotatable bonds is 2. The molecule has 0 spiro atoms. The Bertz CT molecular complexity index is 287. The second kappa shape index (κ2) is 4.26. The summed E-state index contributed by atoms with van der Waals surface area (Å²) in [7, 11) is 0. The van der Waals surface area contributed by atoms with Crippen molar-refractivity contribution < 1.29 is 9.13 Å². The van der Waals surface area contributed by atoms with Crippen molar-refractivity contribution in [2.24, 2.45) is 0 Å². The largest absolute Gasteiger partial charge is 0.491 e. The van der Waals surface area contributed by atoms with E-state index in [1.807, 2.05) is 36.4 Å². The Labute approximate surface area is 91.4 Å². The van der Waals surface area contributed by atoms with Crippen molar-refractivity contribution in [3.63, 3.8) is 0 Å². The molecule has 0 N–H and O–H groups in total. The number of aryl methyl sites for hydroxylation is 1. The molecule has 0 heterocycles. The summed E-state index contributed by atoms with van der Waals surface area (Å²) in [4.78, 5) is 0. The van der Waals surface area contributed by atoms with Crippen LogP contribution in [0.3, 0.4) is 0 Å². The lowest BCUT2D eigenvalue weighted by molar-refractivity contribution is 0.241. The molecule has 0 aliphatic heterocycles. The molecule has 0 radical (unpaired) electrons. The number of benzene rings is 1. The van der Waals surface area contributed by atoms with Crippen molar-refractivity contribution >= 4 is 22.6 Å². The van der Waals surface area contributed by atoms with Crippen LogP contribution in [0.2, 0.25) is 0 Å². The van der Waals surface area contributed by atoms with E-state index in [2.05, 4.69) is 0 Å². The van der Waals surface area contributed by atoms with Gasteiger partial charge in [-0.05, 0) is 61.1 Å². The molecule has 72 valence electrons. The highest BCUT2D eigenvalue weighted by molar-refractivity contribution is 14.1. The van der Waals surface area contributed by atoms with Crippen molar-refractivity contribution in [2.75, 3.05) is 0 Å². The third-order valence-electron chi connectivity index (χ3n) is 1.56. The summed E-state index contributed by atoms with van der Waals surface area (Å²) in [6.07, 6.45) is 0.126. The predicted octanol–water partition coefficient (Wildman–Crippen LogP) is 3.53. The van der Waals surface area contributed by atoms with Gasteiger partial charge in [0, 0.05) is 0 Å². The zero-order chi connectivity index (χ0) is 10.0. The van der Waals surface area contributed by atoms with E-state index in [1.54, 1.807) is 19.1 Å². The zero-order valence-electron chi connectivity index (χ0n) is 7.90. The van der Waals surface area contributed by atoms with E-state index < -0.39 is 0 Å². The Balaban J connectivity index is 2.99. The van der Waals surface area contributed by atoms with Crippen LogP contribution in [0.1, 0.15) is 19.4 Å². The lowest BCUT2D eigenvalue weighted by atomic mass is 10.2. The summed E-state index contributed by atoms with van der Waals surface area (Å²) < 4.78 is 19.2. The highest BCUT2D eigenvalue weighted by Gasteiger charge is 2.06. The van der Waals surface area contributed by atoms with Crippen molar-refractivity contribution in [1.82, 2.24) is 0 Å². The van der Waals surface area contributed by atoms with Crippen LogP contribution in [-0.2, 0) is 0 Å². The van der Waals surface area contributed by atoms with Gasteiger partial charge in [0.05, 0.1) is 9.67 Å². The minimum Gasteiger partial charge on any atom is -0.491 e. The first-order chi connectivity index (χ1) is 6.00. The van der Waals surface area contributed by atoms with E-state index >= 15 is 0 Å². The Morgan fingerprint density at radius 1 is 1.38 bits per heavy atom. The number of hydrogen-bond donors (Lipinski definition) is 0. The molecular weight excluding hydrogens is 282 g/mol. The Hall–Kier alpha value is -0.320. The molecule has 1 rings (SSSR count). The SMILES string of the molecule is Cc1cc(OC(C)C)cc(I)c1F. The van der Waals surface area contributed by atoms with Gasteiger partial charge in [0.1, 0.15) is 11.6 Å². The molecule has 0 unspecified atom stereocenters. The normalized spacial score (nSPS) is 10.6. The Morgan fingerprint density at radius 2 is 2.00 bits per heavy atom. The molecule has 0 aliphatic rings. The maximum atomic E-state index is 13.2. The molecule has 0 fully saturated rings. The van der Waals surface area contributed by atoms with E-state index in [1.165, 1.54) is 0 Å². The van der Waals surface area contributed by atoms with Crippen LogP contribution in [0, 0.1) is 16.3 Å². The van der Waals surface area contributed by atoms with Gasteiger partial charge < -0.3 is 4.74 Å². The van der Waals surface area contributed by atoms with E-state index in [0.29, 0.717) is 9.13 Å². The second-order valence-electron chi connectivity index (χ2n) is 3.20. The van der Waals surface area contributed by atoms with Gasteiger partial charge in [-0.2, -0.15) is 0 Å². The highest BCUT2D eigenvalue weighted by Crippen LogP contribution is 2.22. The molecule has 1 aromatic rings. The maximum Gasteiger partial charge on any atom is 0.139 e. The molecule has 1 nitrogen and oxygen atoms in total. The van der Waals surface area contributed by atoms with Gasteiger partial charge in [0.15, 0.2) is 0 Å². The average Bonchev–Trinajstić information content (AvgIpc) is 1.98. The minimum atomic E-state index is -0.156. The predicted molar refractivity (Wildman–Crippen MR) is 59.6 cm³/mol. The fraction of sp³-hybridized carbons (Fsp3) is 0.400. The van der Waals surface area contributed by atoms with Crippen molar-refractivity contribution in [2.45, 2.75) is 26.9 Å². The van der Waals surface area contributed by atoms with Crippen LogP contribution in [0.5, 0.6) is 5.75 Å². The molecule has 0 amide bonds. The van der Waals surface area contributed by atoms with Gasteiger partial charge in [-0.3, -0.25) is 0 Å². The van der Waals surface area contributed by atoms with Crippen molar-refractivity contribution in [1.29, 1.82) is 0 Å². The van der Waals surface area contributed by atoms with Gasteiger partial charge >= 0.3 is 0 Å². The molecule has 0 aromatic heterocycles. The lowest BCUT2D eigenvalue weighted by Gasteiger charge is -2.11. The van der Waals surface area contributed by atoms with Crippen LogP contribution in [0.15, 0.2) is 12.1 Å². The summed E-state index contributed by atoms with van der Waals surface area (Å²) in [6, 6.07) is 3.43. The standard InChI is InChI=1S/C10H12FIO/c1-6(2)13-8-4-7(3)10(11)9(12)5-8/h4-6H,1-3H3. The molecule has 0 aliphatic carbocycles. The number of ether oxygens (including phenoxy) is 1. The summed E-state index contributed by atoms with van der Waals surface area (Å²) in [6.45, 7) is 5.64. The molecule has 0 atom stereocenters. The highest BCUT2D eigenvalue weighted by atomic mass is 127. The molecular formula is C10H12FIO. The van der Waals surface area contributed by atoms with Gasteiger partial charge in [0.2, 0.25) is 0 Å². The van der Waals surface area contributed by atoms with Gasteiger partial charge in [-0.25, -0.2) is 4.39 Å². The average molecular weight is 294 g/mol. The first-order valence-corrected chi connectivity index (χ1v) is 5.21. The topological polar surface area (TPSA) is 9.23 Å².